The van der Waals surface area contributed by atoms with Crippen LogP contribution in [0.15, 0.2) is 212 Å². The highest BCUT2D eigenvalue weighted by Gasteiger charge is 2.20. The molecule has 0 aliphatic rings. The van der Waals surface area contributed by atoms with Crippen LogP contribution in [0.1, 0.15) is 0 Å². The molecule has 1 nitrogen and oxygen atoms in total. The first-order valence-corrected chi connectivity index (χ1v) is 17.5. The number of rotatable bonds is 7. The van der Waals surface area contributed by atoms with Crippen LogP contribution in [-0.2, 0) is 0 Å². The lowest BCUT2D eigenvalue weighted by molar-refractivity contribution is 1.29. The zero-order valence-corrected chi connectivity index (χ0v) is 28.2. The average molecular weight is 650 g/mol. The van der Waals surface area contributed by atoms with Gasteiger partial charge in [0.1, 0.15) is 0 Å². The van der Waals surface area contributed by atoms with Crippen LogP contribution in [0.2, 0.25) is 0 Å². The molecule has 0 aliphatic heterocycles. The maximum atomic E-state index is 2.38. The van der Waals surface area contributed by atoms with Crippen LogP contribution in [0, 0.1) is 0 Å². The molecular formula is C50H35N. The second-order valence-corrected chi connectivity index (χ2v) is 13.0. The summed E-state index contributed by atoms with van der Waals surface area (Å²) >= 11 is 0. The van der Waals surface area contributed by atoms with Crippen molar-refractivity contribution < 1.29 is 0 Å². The lowest BCUT2D eigenvalue weighted by Gasteiger charge is -2.27. The van der Waals surface area contributed by atoms with E-state index in [-0.39, 0.29) is 0 Å². The molecule has 51 heavy (non-hydrogen) atoms. The second kappa shape index (κ2) is 13.3. The number of benzene rings is 9. The van der Waals surface area contributed by atoms with Crippen molar-refractivity contribution in [2.45, 2.75) is 0 Å². The summed E-state index contributed by atoms with van der Waals surface area (Å²) in [5, 5.41) is 4.99. The summed E-state index contributed by atoms with van der Waals surface area (Å²) in [6, 6.07) is 76.7. The molecule has 0 unspecified atom stereocenters. The fourth-order valence-electron chi connectivity index (χ4n) is 7.40. The molecule has 1 heteroatoms. The van der Waals surface area contributed by atoms with Gasteiger partial charge in [-0.2, -0.15) is 0 Å². The first-order valence-electron chi connectivity index (χ1n) is 17.5. The van der Waals surface area contributed by atoms with Crippen molar-refractivity contribution in [3.05, 3.63) is 212 Å². The molecular weight excluding hydrogens is 615 g/mol. The topological polar surface area (TPSA) is 3.24 Å². The Morgan fingerprint density at radius 1 is 0.255 bits per heavy atom. The number of hydrogen-bond donors (Lipinski definition) is 0. The molecule has 0 spiro atoms. The molecule has 0 atom stereocenters. The van der Waals surface area contributed by atoms with E-state index in [0.29, 0.717) is 0 Å². The van der Waals surface area contributed by atoms with Gasteiger partial charge in [0.2, 0.25) is 0 Å². The summed E-state index contributed by atoms with van der Waals surface area (Å²) in [5.41, 5.74) is 12.9. The van der Waals surface area contributed by atoms with Crippen LogP contribution in [0.4, 0.5) is 17.1 Å². The summed E-state index contributed by atoms with van der Waals surface area (Å²) in [4.78, 5) is 2.38. The van der Waals surface area contributed by atoms with Crippen LogP contribution in [0.5, 0.6) is 0 Å². The number of hydrogen-bond acceptors (Lipinski definition) is 1. The van der Waals surface area contributed by atoms with Gasteiger partial charge >= 0.3 is 0 Å². The smallest absolute Gasteiger partial charge is 0.0468 e. The molecule has 9 aromatic rings. The molecule has 0 radical (unpaired) electrons. The molecule has 0 saturated heterocycles. The van der Waals surface area contributed by atoms with E-state index in [4.69, 9.17) is 0 Å². The summed E-state index contributed by atoms with van der Waals surface area (Å²) in [7, 11) is 0. The van der Waals surface area contributed by atoms with E-state index in [9.17, 15) is 0 Å². The van der Waals surface area contributed by atoms with Gasteiger partial charge in [0.05, 0.1) is 0 Å². The van der Waals surface area contributed by atoms with Crippen LogP contribution < -0.4 is 4.90 Å². The standard InChI is InChI=1S/C50H35N/c1-5-16-36(17-6-1)42-33-48(37-18-7-2-8-19-37)50(49(34-42)38-20-9-3-10-21-38)41-23-15-26-44(32-41)51(43-24-11-4-12-25-43)45-31-30-40-29-28-39-22-13-14-27-46(39)47(40)35-45/h1-35H. The van der Waals surface area contributed by atoms with Gasteiger partial charge in [-0.3, -0.25) is 0 Å². The monoisotopic (exact) mass is 649 g/mol. The van der Waals surface area contributed by atoms with Crippen molar-refractivity contribution in [1.29, 1.82) is 0 Å². The van der Waals surface area contributed by atoms with Crippen LogP contribution >= 0.6 is 0 Å². The Kier molecular flexibility index (Phi) is 7.92. The Labute approximate surface area is 299 Å². The Morgan fingerprint density at radius 3 is 1.37 bits per heavy atom. The Hall–Kier alpha value is -6.70. The number of anilines is 3. The van der Waals surface area contributed by atoms with Gasteiger partial charge in [-0.25, -0.2) is 0 Å². The molecule has 0 N–H and O–H groups in total. The van der Waals surface area contributed by atoms with Crippen molar-refractivity contribution in [2.24, 2.45) is 0 Å². The quantitative estimate of drug-likeness (QED) is 0.155. The van der Waals surface area contributed by atoms with Crippen molar-refractivity contribution in [1.82, 2.24) is 0 Å². The largest absolute Gasteiger partial charge is 0.310 e. The molecule has 9 aromatic carbocycles. The Morgan fingerprint density at radius 2 is 0.725 bits per heavy atom. The van der Waals surface area contributed by atoms with Crippen molar-refractivity contribution in [2.75, 3.05) is 4.90 Å². The van der Waals surface area contributed by atoms with E-state index in [1.54, 1.807) is 0 Å². The Balaban J connectivity index is 1.29. The molecule has 0 heterocycles. The predicted molar refractivity (Wildman–Crippen MR) is 218 cm³/mol. The predicted octanol–water partition coefficient (Wildman–Crippen LogP) is 14.1. The van der Waals surface area contributed by atoms with Gasteiger partial charge in [0, 0.05) is 17.1 Å². The average Bonchev–Trinajstić information content (AvgIpc) is 3.22. The fourth-order valence-corrected chi connectivity index (χ4v) is 7.40. The molecule has 0 fully saturated rings. The third-order valence-electron chi connectivity index (χ3n) is 9.81. The third-order valence-corrected chi connectivity index (χ3v) is 9.81. The molecule has 0 aromatic heterocycles. The highest BCUT2D eigenvalue weighted by Crippen LogP contribution is 2.45. The van der Waals surface area contributed by atoms with Crippen molar-refractivity contribution in [3.63, 3.8) is 0 Å². The van der Waals surface area contributed by atoms with E-state index >= 15 is 0 Å². The SMILES string of the molecule is c1ccc(-c2cc(-c3ccccc3)c(-c3cccc(N(c4ccccc4)c4ccc5ccc6ccccc6c5c4)c3)c(-c3ccccc3)c2)cc1. The first kappa shape index (κ1) is 30.4. The minimum Gasteiger partial charge on any atom is -0.310 e. The molecule has 0 bridgehead atoms. The molecule has 9 rings (SSSR count). The summed E-state index contributed by atoms with van der Waals surface area (Å²) < 4.78 is 0. The molecule has 0 amide bonds. The Bertz CT molecular complexity index is 2550. The molecule has 0 aliphatic carbocycles. The normalized spacial score (nSPS) is 11.1. The van der Waals surface area contributed by atoms with E-state index in [1.165, 1.54) is 60.5 Å². The van der Waals surface area contributed by atoms with Gasteiger partial charge in [-0.05, 0) is 115 Å². The minimum atomic E-state index is 1.10. The lowest BCUT2D eigenvalue weighted by Crippen LogP contribution is -2.10. The van der Waals surface area contributed by atoms with Gasteiger partial charge in [0.25, 0.3) is 0 Å². The second-order valence-electron chi connectivity index (χ2n) is 13.0. The van der Waals surface area contributed by atoms with E-state index < -0.39 is 0 Å². The van der Waals surface area contributed by atoms with Crippen LogP contribution in [0.3, 0.4) is 0 Å². The van der Waals surface area contributed by atoms with Crippen LogP contribution in [-0.4, -0.2) is 0 Å². The highest BCUT2D eigenvalue weighted by atomic mass is 15.1. The van der Waals surface area contributed by atoms with Gasteiger partial charge in [0.15, 0.2) is 0 Å². The van der Waals surface area contributed by atoms with Crippen molar-refractivity contribution >= 4 is 38.6 Å². The molecule has 240 valence electrons. The summed E-state index contributed by atoms with van der Waals surface area (Å²) in [6.45, 7) is 0. The highest BCUT2D eigenvalue weighted by molar-refractivity contribution is 6.09. The van der Waals surface area contributed by atoms with Crippen molar-refractivity contribution in [3.8, 4) is 44.5 Å². The van der Waals surface area contributed by atoms with E-state index in [0.717, 1.165) is 22.6 Å². The maximum absolute atomic E-state index is 2.38. The first-order chi connectivity index (χ1) is 25.3. The number of para-hydroxylation sites is 1. The van der Waals surface area contributed by atoms with E-state index in [2.05, 4.69) is 217 Å². The zero-order valence-electron chi connectivity index (χ0n) is 28.2. The molecule has 0 saturated carbocycles. The summed E-state index contributed by atoms with van der Waals surface area (Å²) in [5.74, 6) is 0. The lowest BCUT2D eigenvalue weighted by atomic mass is 9.84. The number of nitrogens with zero attached hydrogens (tertiary/aromatic N) is 1. The van der Waals surface area contributed by atoms with Crippen LogP contribution in [0.25, 0.3) is 66.1 Å². The van der Waals surface area contributed by atoms with E-state index in [1.807, 2.05) is 0 Å². The maximum Gasteiger partial charge on any atom is 0.0468 e. The fraction of sp³-hybridized carbons (Fsp3) is 0. The van der Waals surface area contributed by atoms with Gasteiger partial charge in [-0.15, -0.1) is 0 Å². The number of fused-ring (bicyclic) bond motifs is 3. The van der Waals surface area contributed by atoms with Gasteiger partial charge < -0.3 is 4.90 Å². The third kappa shape index (κ3) is 5.86. The minimum absolute atomic E-state index is 1.10. The van der Waals surface area contributed by atoms with Gasteiger partial charge in [-0.1, -0.05) is 164 Å². The zero-order chi connectivity index (χ0) is 34.0. The summed E-state index contributed by atoms with van der Waals surface area (Å²) in [6.07, 6.45) is 0.